The number of rotatable bonds is 2. The van der Waals surface area contributed by atoms with Gasteiger partial charge in [-0.2, -0.15) is 0 Å². The molecule has 0 saturated heterocycles. The summed E-state index contributed by atoms with van der Waals surface area (Å²) in [6.45, 7) is 1.74. The molecule has 0 unspecified atom stereocenters. The van der Waals surface area contributed by atoms with Crippen molar-refractivity contribution in [1.82, 2.24) is 0 Å². The van der Waals surface area contributed by atoms with E-state index >= 15 is 0 Å². The Bertz CT molecular complexity index is 619. The maximum atomic E-state index is 13.8. The van der Waals surface area contributed by atoms with Gasteiger partial charge in [-0.1, -0.05) is 17.7 Å². The van der Waals surface area contributed by atoms with Gasteiger partial charge in [-0.3, -0.25) is 4.79 Å². The fourth-order valence-electron chi connectivity index (χ4n) is 1.64. The number of ketones is 1. The van der Waals surface area contributed by atoms with Crippen LogP contribution < -0.4 is 0 Å². The van der Waals surface area contributed by atoms with Crippen LogP contribution >= 0.6 is 15.9 Å². The van der Waals surface area contributed by atoms with Crippen LogP contribution in [0.4, 0.5) is 8.78 Å². The van der Waals surface area contributed by atoms with Gasteiger partial charge < -0.3 is 0 Å². The van der Waals surface area contributed by atoms with E-state index in [-0.39, 0.29) is 15.6 Å². The van der Waals surface area contributed by atoms with Gasteiger partial charge in [-0.25, -0.2) is 8.78 Å². The van der Waals surface area contributed by atoms with Crippen molar-refractivity contribution < 1.29 is 13.6 Å². The average Bonchev–Trinajstić information content (AvgIpc) is 2.35. The fourth-order valence-corrected chi connectivity index (χ4v) is 2.00. The van der Waals surface area contributed by atoms with Crippen LogP contribution in [0.5, 0.6) is 0 Å². The van der Waals surface area contributed by atoms with Crippen LogP contribution in [0.25, 0.3) is 0 Å². The summed E-state index contributed by atoms with van der Waals surface area (Å²) >= 11 is 3.00. The number of hydrogen-bond donors (Lipinski definition) is 0. The third-order valence-electron chi connectivity index (χ3n) is 2.56. The molecular weight excluding hydrogens is 302 g/mol. The highest BCUT2D eigenvalue weighted by Gasteiger charge is 2.18. The molecule has 0 fully saturated rings. The molecule has 92 valence electrons. The van der Waals surface area contributed by atoms with E-state index in [1.807, 2.05) is 0 Å². The molecule has 18 heavy (non-hydrogen) atoms. The zero-order chi connectivity index (χ0) is 13.3. The molecule has 2 aromatic rings. The van der Waals surface area contributed by atoms with Gasteiger partial charge in [0.2, 0.25) is 0 Å². The fraction of sp³-hybridized carbons (Fsp3) is 0.0714. The molecule has 0 aliphatic rings. The largest absolute Gasteiger partial charge is 0.288 e. The molecule has 4 heteroatoms. The van der Waals surface area contributed by atoms with Crippen LogP contribution in [-0.2, 0) is 0 Å². The maximum absolute atomic E-state index is 13.8. The summed E-state index contributed by atoms with van der Waals surface area (Å²) < 4.78 is 27.5. The van der Waals surface area contributed by atoms with Crippen LogP contribution in [0.15, 0.2) is 40.9 Å². The van der Waals surface area contributed by atoms with Gasteiger partial charge in [-0.05, 0) is 47.1 Å². The lowest BCUT2D eigenvalue weighted by atomic mass is 10.0. The van der Waals surface area contributed by atoms with E-state index in [4.69, 9.17) is 0 Å². The van der Waals surface area contributed by atoms with Crippen LogP contribution in [0.2, 0.25) is 0 Å². The van der Waals surface area contributed by atoms with E-state index in [9.17, 15) is 13.6 Å². The molecule has 0 radical (unpaired) electrons. The summed E-state index contributed by atoms with van der Waals surface area (Å²) in [5, 5.41) is 0. The van der Waals surface area contributed by atoms with Crippen LogP contribution in [0, 0.1) is 18.6 Å². The predicted octanol–water partition coefficient (Wildman–Crippen LogP) is 4.27. The molecule has 0 amide bonds. The quantitative estimate of drug-likeness (QED) is 0.757. The van der Waals surface area contributed by atoms with E-state index < -0.39 is 17.4 Å². The lowest BCUT2D eigenvalue weighted by Crippen LogP contribution is -2.07. The summed E-state index contributed by atoms with van der Waals surface area (Å²) in [6, 6.07) is 8.54. The lowest BCUT2D eigenvalue weighted by molar-refractivity contribution is 0.103. The monoisotopic (exact) mass is 310 g/mol. The topological polar surface area (TPSA) is 17.1 Å². The minimum absolute atomic E-state index is 0.119. The minimum atomic E-state index is -0.677. The molecule has 0 saturated carbocycles. The molecule has 0 spiro atoms. The third-order valence-corrected chi connectivity index (χ3v) is 3.18. The number of aryl methyl sites for hydroxylation is 1. The first-order valence-corrected chi connectivity index (χ1v) is 6.05. The van der Waals surface area contributed by atoms with Crippen LogP contribution in [0.3, 0.4) is 0 Å². The first kappa shape index (κ1) is 12.9. The van der Waals surface area contributed by atoms with E-state index in [1.165, 1.54) is 30.3 Å². The first-order valence-electron chi connectivity index (χ1n) is 5.25. The Hall–Kier alpha value is -1.55. The molecule has 2 aromatic carbocycles. The summed E-state index contributed by atoms with van der Waals surface area (Å²) in [6.07, 6.45) is 0. The van der Waals surface area contributed by atoms with Crippen molar-refractivity contribution in [3.63, 3.8) is 0 Å². The SMILES string of the molecule is Cc1ccc(F)c(C(=O)c2cccc(Br)c2F)c1. The summed E-state index contributed by atoms with van der Waals surface area (Å²) in [4.78, 5) is 12.1. The molecule has 0 atom stereocenters. The summed E-state index contributed by atoms with van der Waals surface area (Å²) in [7, 11) is 0. The zero-order valence-corrected chi connectivity index (χ0v) is 11.1. The standard InChI is InChI=1S/C14H9BrF2O/c1-8-5-6-12(16)10(7-8)14(18)9-3-2-4-11(15)13(9)17/h2-7H,1H3. The molecule has 0 N–H and O–H groups in total. The molecule has 0 aliphatic carbocycles. The normalized spacial score (nSPS) is 10.4. The van der Waals surface area contributed by atoms with Crippen molar-refractivity contribution in [2.75, 3.05) is 0 Å². The van der Waals surface area contributed by atoms with Crippen molar-refractivity contribution >= 4 is 21.7 Å². The van der Waals surface area contributed by atoms with Crippen molar-refractivity contribution in [1.29, 1.82) is 0 Å². The van der Waals surface area contributed by atoms with Crippen molar-refractivity contribution in [2.24, 2.45) is 0 Å². The number of carbonyl (C=O) groups excluding carboxylic acids is 1. The van der Waals surface area contributed by atoms with Gasteiger partial charge in [0, 0.05) is 0 Å². The van der Waals surface area contributed by atoms with Crippen LogP contribution in [-0.4, -0.2) is 5.78 Å². The highest BCUT2D eigenvalue weighted by atomic mass is 79.9. The van der Waals surface area contributed by atoms with E-state index in [0.29, 0.717) is 0 Å². The molecule has 0 bridgehead atoms. The minimum Gasteiger partial charge on any atom is -0.288 e. The van der Waals surface area contributed by atoms with E-state index in [1.54, 1.807) is 13.0 Å². The number of carbonyl (C=O) groups is 1. The Morgan fingerprint density at radius 2 is 1.83 bits per heavy atom. The van der Waals surface area contributed by atoms with Gasteiger partial charge in [0.1, 0.15) is 11.6 Å². The number of hydrogen-bond acceptors (Lipinski definition) is 1. The van der Waals surface area contributed by atoms with Crippen LogP contribution in [0.1, 0.15) is 21.5 Å². The van der Waals surface area contributed by atoms with Gasteiger partial charge in [0.05, 0.1) is 15.6 Å². The van der Waals surface area contributed by atoms with Gasteiger partial charge in [0.25, 0.3) is 0 Å². The Balaban J connectivity index is 2.55. The van der Waals surface area contributed by atoms with Gasteiger partial charge in [0.15, 0.2) is 5.78 Å². The van der Waals surface area contributed by atoms with Gasteiger partial charge in [-0.15, -0.1) is 0 Å². The Morgan fingerprint density at radius 1 is 1.11 bits per heavy atom. The Morgan fingerprint density at radius 3 is 2.56 bits per heavy atom. The molecule has 1 nitrogen and oxygen atoms in total. The van der Waals surface area contributed by atoms with E-state index in [0.717, 1.165) is 5.56 Å². The zero-order valence-electron chi connectivity index (χ0n) is 9.51. The van der Waals surface area contributed by atoms with Crippen molar-refractivity contribution in [3.05, 3.63) is 69.2 Å². The average molecular weight is 311 g/mol. The molecular formula is C14H9BrF2O. The number of halogens is 3. The molecule has 2 rings (SSSR count). The first-order chi connectivity index (χ1) is 8.50. The highest BCUT2D eigenvalue weighted by Crippen LogP contribution is 2.22. The smallest absolute Gasteiger partial charge is 0.198 e. The predicted molar refractivity (Wildman–Crippen MR) is 68.7 cm³/mol. The molecule has 0 aromatic heterocycles. The number of benzene rings is 2. The van der Waals surface area contributed by atoms with E-state index in [2.05, 4.69) is 15.9 Å². The second kappa shape index (κ2) is 4.98. The second-order valence-electron chi connectivity index (χ2n) is 3.91. The molecule has 0 heterocycles. The van der Waals surface area contributed by atoms with Crippen molar-refractivity contribution in [3.8, 4) is 0 Å². The maximum Gasteiger partial charge on any atom is 0.198 e. The summed E-state index contributed by atoms with van der Waals surface area (Å²) in [5.41, 5.74) is 0.482. The Labute approximate surface area is 112 Å². The summed E-state index contributed by atoms with van der Waals surface area (Å²) in [5.74, 6) is -1.98. The lowest BCUT2D eigenvalue weighted by Gasteiger charge is -2.06. The highest BCUT2D eigenvalue weighted by molar-refractivity contribution is 9.10. The Kier molecular flexibility index (Phi) is 3.57. The van der Waals surface area contributed by atoms with Crippen molar-refractivity contribution in [2.45, 2.75) is 6.92 Å². The third kappa shape index (κ3) is 2.34. The van der Waals surface area contributed by atoms with Gasteiger partial charge >= 0.3 is 0 Å². The molecule has 0 aliphatic heterocycles. The second-order valence-corrected chi connectivity index (χ2v) is 4.77.